The summed E-state index contributed by atoms with van der Waals surface area (Å²) in [4.78, 5) is 22.4. The molecule has 7 nitrogen and oxygen atoms in total. The second kappa shape index (κ2) is 10.5. The maximum Gasteiger partial charge on any atom is 0.310 e. The zero-order valence-electron chi connectivity index (χ0n) is 13.8. The summed E-state index contributed by atoms with van der Waals surface area (Å²) in [5.41, 5.74) is 0. The Morgan fingerprint density at radius 3 is 3.00 bits per heavy atom. The van der Waals surface area contributed by atoms with Crippen LogP contribution in [-0.2, 0) is 16.1 Å². The fourth-order valence-electron chi connectivity index (χ4n) is 2.67. The topological polar surface area (TPSA) is 71.8 Å². The summed E-state index contributed by atoms with van der Waals surface area (Å²) in [5, 5.41) is 3.34. The van der Waals surface area contributed by atoms with Gasteiger partial charge in [-0.25, -0.2) is 4.98 Å². The van der Waals surface area contributed by atoms with Gasteiger partial charge in [-0.05, 0) is 19.8 Å². The first-order chi connectivity index (χ1) is 10.7. The molecule has 1 fully saturated rings. The molecule has 0 aliphatic carbocycles. The number of hydrogen-bond donors (Lipinski definition) is 1. The maximum atomic E-state index is 11.9. The Bertz CT molecular complexity index is 492. The van der Waals surface area contributed by atoms with Crippen LogP contribution in [0.5, 0.6) is 0 Å². The Labute approximate surface area is 154 Å². The van der Waals surface area contributed by atoms with E-state index in [-0.39, 0.29) is 35.9 Å². The van der Waals surface area contributed by atoms with E-state index in [0.29, 0.717) is 13.2 Å². The number of nitrogens with one attached hydrogen (secondary N) is 1. The van der Waals surface area contributed by atoms with Gasteiger partial charge in [-0.15, -0.1) is 24.0 Å². The van der Waals surface area contributed by atoms with Gasteiger partial charge in [-0.1, -0.05) is 0 Å². The zero-order chi connectivity index (χ0) is 15.8. The lowest BCUT2D eigenvalue weighted by Gasteiger charge is -2.33. The molecule has 130 valence electrons. The van der Waals surface area contributed by atoms with Gasteiger partial charge in [0.05, 0.1) is 18.9 Å². The Morgan fingerprint density at radius 1 is 1.52 bits per heavy atom. The maximum absolute atomic E-state index is 11.9. The smallest absolute Gasteiger partial charge is 0.310 e. The zero-order valence-corrected chi connectivity index (χ0v) is 16.1. The van der Waals surface area contributed by atoms with E-state index in [1.54, 1.807) is 19.6 Å². The quantitative estimate of drug-likeness (QED) is 0.327. The van der Waals surface area contributed by atoms with Crippen LogP contribution < -0.4 is 5.32 Å². The van der Waals surface area contributed by atoms with Crippen molar-refractivity contribution in [2.45, 2.75) is 26.3 Å². The number of likely N-dealkylation sites (tertiary alicyclic amines) is 1. The minimum atomic E-state index is -0.0962. The largest absolute Gasteiger partial charge is 0.466 e. The van der Waals surface area contributed by atoms with Gasteiger partial charge < -0.3 is 19.5 Å². The molecule has 1 aliphatic heterocycles. The first kappa shape index (κ1) is 19.7. The highest BCUT2D eigenvalue weighted by molar-refractivity contribution is 14.0. The molecule has 1 saturated heterocycles. The van der Waals surface area contributed by atoms with E-state index in [0.717, 1.165) is 38.4 Å². The fourth-order valence-corrected chi connectivity index (χ4v) is 2.67. The number of guanidine groups is 1. The average molecular weight is 435 g/mol. The Balaban J connectivity index is 0.00000264. The third kappa shape index (κ3) is 6.00. The molecular formula is C15H26IN5O2. The van der Waals surface area contributed by atoms with E-state index >= 15 is 0 Å². The highest BCUT2D eigenvalue weighted by Gasteiger charge is 2.28. The normalized spacial score (nSPS) is 18.3. The molecule has 0 aromatic carbocycles. The van der Waals surface area contributed by atoms with Gasteiger partial charge in [0.2, 0.25) is 0 Å². The number of aromatic nitrogens is 2. The van der Waals surface area contributed by atoms with Gasteiger partial charge in [-0.3, -0.25) is 9.79 Å². The standard InChI is InChI=1S/C15H25N5O2.HI/c1-3-22-14(21)13-5-4-8-20(11-13)15(16-2)18-7-10-19-9-6-17-12-19;/h6,9,12-13H,3-5,7-8,10-11H2,1-2H3,(H,16,18);1H. The van der Waals surface area contributed by atoms with Crippen molar-refractivity contribution >= 4 is 35.9 Å². The van der Waals surface area contributed by atoms with Gasteiger partial charge >= 0.3 is 5.97 Å². The lowest BCUT2D eigenvalue weighted by Crippen LogP contribution is -2.48. The van der Waals surface area contributed by atoms with Crippen molar-refractivity contribution in [1.29, 1.82) is 0 Å². The molecule has 0 bridgehead atoms. The van der Waals surface area contributed by atoms with Crippen molar-refractivity contribution in [3.8, 4) is 0 Å². The van der Waals surface area contributed by atoms with E-state index in [1.807, 2.05) is 17.7 Å². The first-order valence-electron chi connectivity index (χ1n) is 7.82. The SMILES string of the molecule is CCOC(=O)C1CCCN(C(=NC)NCCn2ccnc2)C1.I. The van der Waals surface area contributed by atoms with E-state index in [4.69, 9.17) is 4.74 Å². The van der Waals surface area contributed by atoms with Crippen LogP contribution >= 0.6 is 24.0 Å². The number of piperidine rings is 1. The van der Waals surface area contributed by atoms with Crippen molar-refractivity contribution in [2.24, 2.45) is 10.9 Å². The summed E-state index contributed by atoms with van der Waals surface area (Å²) in [7, 11) is 1.77. The Kier molecular flexibility index (Phi) is 8.97. The third-order valence-electron chi connectivity index (χ3n) is 3.76. The summed E-state index contributed by atoms with van der Waals surface area (Å²) < 4.78 is 7.15. The second-order valence-electron chi connectivity index (χ2n) is 5.31. The number of ether oxygens (including phenoxy) is 1. The van der Waals surface area contributed by atoms with Gasteiger partial charge in [0.25, 0.3) is 0 Å². The lowest BCUT2D eigenvalue weighted by molar-refractivity contribution is -0.149. The van der Waals surface area contributed by atoms with Crippen molar-refractivity contribution in [1.82, 2.24) is 19.8 Å². The van der Waals surface area contributed by atoms with Crippen LogP contribution in [0.15, 0.2) is 23.7 Å². The molecule has 1 aromatic heterocycles. The molecule has 0 spiro atoms. The van der Waals surface area contributed by atoms with E-state index in [1.165, 1.54) is 0 Å². The van der Waals surface area contributed by atoms with E-state index < -0.39 is 0 Å². The summed E-state index contributed by atoms with van der Waals surface area (Å²) in [6.45, 7) is 5.46. The number of halogens is 1. The molecule has 1 N–H and O–H groups in total. The van der Waals surface area contributed by atoms with Gasteiger partial charge in [0, 0.05) is 45.6 Å². The average Bonchev–Trinajstić information content (AvgIpc) is 3.05. The molecular weight excluding hydrogens is 409 g/mol. The Morgan fingerprint density at radius 2 is 2.35 bits per heavy atom. The molecule has 1 aromatic rings. The second-order valence-corrected chi connectivity index (χ2v) is 5.31. The summed E-state index contributed by atoms with van der Waals surface area (Å²) in [6, 6.07) is 0. The van der Waals surface area contributed by atoms with Crippen molar-refractivity contribution in [2.75, 3.05) is 33.3 Å². The lowest BCUT2D eigenvalue weighted by atomic mass is 9.98. The minimum Gasteiger partial charge on any atom is -0.466 e. The van der Waals surface area contributed by atoms with Gasteiger partial charge in [0.15, 0.2) is 5.96 Å². The van der Waals surface area contributed by atoms with Crippen LogP contribution in [0.3, 0.4) is 0 Å². The first-order valence-corrected chi connectivity index (χ1v) is 7.82. The number of carbonyl (C=O) groups excluding carboxylic acids is 1. The molecule has 1 atom stereocenters. The molecule has 2 rings (SSSR count). The third-order valence-corrected chi connectivity index (χ3v) is 3.76. The van der Waals surface area contributed by atoms with Gasteiger partial charge in [0.1, 0.15) is 0 Å². The summed E-state index contributed by atoms with van der Waals surface area (Å²) in [5.74, 6) is 0.691. The molecule has 1 aliphatic rings. The fraction of sp³-hybridized carbons (Fsp3) is 0.667. The predicted molar refractivity (Wildman–Crippen MR) is 99.9 cm³/mol. The van der Waals surface area contributed by atoms with Crippen LogP contribution in [-0.4, -0.2) is 59.7 Å². The molecule has 23 heavy (non-hydrogen) atoms. The molecule has 0 radical (unpaired) electrons. The van der Waals surface area contributed by atoms with Crippen LogP contribution in [0, 0.1) is 5.92 Å². The van der Waals surface area contributed by atoms with Crippen molar-refractivity contribution < 1.29 is 9.53 Å². The van der Waals surface area contributed by atoms with Crippen LogP contribution in [0.2, 0.25) is 0 Å². The number of rotatable bonds is 5. The monoisotopic (exact) mass is 435 g/mol. The molecule has 0 saturated carbocycles. The highest BCUT2D eigenvalue weighted by atomic mass is 127. The number of aliphatic imine (C=N–C) groups is 1. The molecule has 2 heterocycles. The number of nitrogens with zero attached hydrogens (tertiary/aromatic N) is 4. The van der Waals surface area contributed by atoms with Crippen LogP contribution in [0.1, 0.15) is 19.8 Å². The highest BCUT2D eigenvalue weighted by Crippen LogP contribution is 2.17. The summed E-state index contributed by atoms with van der Waals surface area (Å²) >= 11 is 0. The van der Waals surface area contributed by atoms with Crippen LogP contribution in [0.4, 0.5) is 0 Å². The number of hydrogen-bond acceptors (Lipinski definition) is 4. The molecule has 1 unspecified atom stereocenters. The Hall–Kier alpha value is -1.32. The van der Waals surface area contributed by atoms with Gasteiger partial charge in [-0.2, -0.15) is 0 Å². The minimum absolute atomic E-state index is 0. The van der Waals surface area contributed by atoms with Crippen LogP contribution in [0.25, 0.3) is 0 Å². The van der Waals surface area contributed by atoms with E-state index in [9.17, 15) is 4.79 Å². The predicted octanol–water partition coefficient (Wildman–Crippen LogP) is 1.35. The number of esters is 1. The summed E-state index contributed by atoms with van der Waals surface area (Å²) in [6.07, 6.45) is 7.36. The molecule has 0 amide bonds. The number of imidazole rings is 1. The molecule has 8 heteroatoms. The number of carbonyl (C=O) groups is 1. The van der Waals surface area contributed by atoms with Crippen molar-refractivity contribution in [3.63, 3.8) is 0 Å². The van der Waals surface area contributed by atoms with Crippen molar-refractivity contribution in [3.05, 3.63) is 18.7 Å². The van der Waals surface area contributed by atoms with E-state index in [2.05, 4.69) is 20.2 Å².